The van der Waals surface area contributed by atoms with Crippen LogP contribution in [-0.4, -0.2) is 35.3 Å². The van der Waals surface area contributed by atoms with Crippen molar-refractivity contribution in [1.82, 2.24) is 4.57 Å². The van der Waals surface area contributed by atoms with Gasteiger partial charge in [-0.25, -0.2) is 0 Å². The van der Waals surface area contributed by atoms with Crippen molar-refractivity contribution in [2.24, 2.45) is 0 Å². The van der Waals surface area contributed by atoms with E-state index in [1.165, 1.54) is 14.0 Å². The van der Waals surface area contributed by atoms with Crippen molar-refractivity contribution in [1.29, 1.82) is 5.26 Å². The van der Waals surface area contributed by atoms with Crippen molar-refractivity contribution in [2.75, 3.05) is 13.7 Å². The number of ketones is 1. The summed E-state index contributed by atoms with van der Waals surface area (Å²) in [6.45, 7) is 7.36. The number of Topliss-reactive ketones (excluding diaryl/α,β-unsaturated/α-hetero) is 1. The summed E-state index contributed by atoms with van der Waals surface area (Å²) in [7, 11) is 1.45. The van der Waals surface area contributed by atoms with Gasteiger partial charge in [-0.3, -0.25) is 14.2 Å². The number of carbonyl (C=O) groups is 1. The molecule has 7 heteroatoms. The molecule has 2 aromatic rings. The zero-order valence-electron chi connectivity index (χ0n) is 17.4. The molecule has 1 N–H and O–H groups in total. The largest absolute Gasteiger partial charge is 0.494 e. The number of carbonyl (C=O) groups excluding carboxylic acids is 1. The number of aromatic nitrogens is 1. The van der Waals surface area contributed by atoms with Gasteiger partial charge in [-0.2, -0.15) is 5.26 Å². The lowest BCUT2D eigenvalue weighted by Crippen LogP contribution is -2.31. The number of benzene rings is 1. The molecule has 1 heterocycles. The van der Waals surface area contributed by atoms with E-state index < -0.39 is 23.3 Å². The Morgan fingerprint density at radius 1 is 1.24 bits per heavy atom. The average Bonchev–Trinajstić information content (AvgIpc) is 2.68. The van der Waals surface area contributed by atoms with Gasteiger partial charge < -0.3 is 14.6 Å². The molecule has 0 saturated heterocycles. The lowest BCUT2D eigenvalue weighted by molar-refractivity contribution is 0.0812. The highest BCUT2D eigenvalue weighted by Crippen LogP contribution is 2.25. The van der Waals surface area contributed by atoms with Crippen molar-refractivity contribution in [3.8, 4) is 17.7 Å². The Kier molecular flexibility index (Phi) is 7.18. The van der Waals surface area contributed by atoms with Gasteiger partial charge >= 0.3 is 0 Å². The number of ether oxygens (including phenoxy) is 2. The van der Waals surface area contributed by atoms with E-state index in [1.54, 1.807) is 19.1 Å². The molecule has 1 atom stereocenters. The first kappa shape index (κ1) is 22.2. The first-order valence-corrected chi connectivity index (χ1v) is 9.39. The molecule has 29 heavy (non-hydrogen) atoms. The number of nitriles is 1. The number of methoxy groups -OCH3 is 1. The molecule has 0 fully saturated rings. The van der Waals surface area contributed by atoms with Gasteiger partial charge in [0.2, 0.25) is 11.7 Å². The van der Waals surface area contributed by atoms with Crippen LogP contribution in [0.2, 0.25) is 0 Å². The van der Waals surface area contributed by atoms with Gasteiger partial charge in [-0.1, -0.05) is 26.0 Å². The Bertz CT molecular complexity index is 984. The van der Waals surface area contributed by atoms with Gasteiger partial charge in [-0.15, -0.1) is 0 Å². The van der Waals surface area contributed by atoms with Crippen LogP contribution in [0.25, 0.3) is 0 Å². The Morgan fingerprint density at radius 3 is 2.38 bits per heavy atom. The van der Waals surface area contributed by atoms with Gasteiger partial charge in [0, 0.05) is 7.11 Å². The zero-order chi connectivity index (χ0) is 21.7. The summed E-state index contributed by atoms with van der Waals surface area (Å²) >= 11 is 0. The summed E-state index contributed by atoms with van der Waals surface area (Å²) in [6.07, 6.45) is -0.926. The van der Waals surface area contributed by atoms with E-state index in [0.29, 0.717) is 11.7 Å². The smallest absolute Gasteiger partial charge is 0.271 e. The molecule has 0 aliphatic carbocycles. The molecule has 7 nitrogen and oxygen atoms in total. The molecule has 1 aromatic carbocycles. The minimum Gasteiger partial charge on any atom is -0.494 e. The number of hydrogen-bond acceptors (Lipinski definition) is 6. The fraction of sp³-hybridized carbons (Fsp3) is 0.409. The molecule has 1 aromatic heterocycles. The third-order valence-corrected chi connectivity index (χ3v) is 4.79. The molecular formula is C22H26N2O5. The summed E-state index contributed by atoms with van der Waals surface area (Å²) in [5.74, 6) is -0.115. The average molecular weight is 398 g/mol. The number of aromatic hydroxyl groups is 1. The van der Waals surface area contributed by atoms with Crippen LogP contribution in [-0.2, 0) is 11.3 Å². The summed E-state index contributed by atoms with van der Waals surface area (Å²) in [5, 5.41) is 20.0. The number of nitrogens with zero attached hydrogens (tertiary/aromatic N) is 2. The topological polar surface area (TPSA) is 102 Å². The van der Waals surface area contributed by atoms with Crippen LogP contribution in [0, 0.1) is 18.3 Å². The third kappa shape index (κ3) is 4.66. The lowest BCUT2D eigenvalue weighted by Gasteiger charge is -2.19. The predicted molar refractivity (Wildman–Crippen MR) is 109 cm³/mol. The minimum atomic E-state index is -0.926. The van der Waals surface area contributed by atoms with Gasteiger partial charge in [-0.05, 0) is 43.0 Å². The quantitative estimate of drug-likeness (QED) is 0.686. The summed E-state index contributed by atoms with van der Waals surface area (Å²) in [4.78, 5) is 25.5. The summed E-state index contributed by atoms with van der Waals surface area (Å²) < 4.78 is 11.7. The van der Waals surface area contributed by atoms with Gasteiger partial charge in [0.15, 0.2) is 6.10 Å². The second-order valence-electron chi connectivity index (χ2n) is 7.11. The second kappa shape index (κ2) is 9.39. The summed E-state index contributed by atoms with van der Waals surface area (Å²) in [5.41, 5.74) is 0.348. The van der Waals surface area contributed by atoms with Gasteiger partial charge in [0.05, 0.1) is 18.7 Å². The molecule has 0 amide bonds. The highest BCUT2D eigenvalue weighted by molar-refractivity contribution is 6.03. The molecular weight excluding hydrogens is 372 g/mol. The van der Waals surface area contributed by atoms with Crippen LogP contribution in [0.15, 0.2) is 29.1 Å². The van der Waals surface area contributed by atoms with Crippen LogP contribution in [0.1, 0.15) is 53.7 Å². The van der Waals surface area contributed by atoms with E-state index in [9.17, 15) is 20.0 Å². The molecule has 0 aliphatic heterocycles. The Balaban J connectivity index is 2.40. The van der Waals surface area contributed by atoms with Gasteiger partial charge in [0.25, 0.3) is 5.56 Å². The van der Waals surface area contributed by atoms with E-state index in [4.69, 9.17) is 9.47 Å². The number of rotatable bonds is 8. The van der Waals surface area contributed by atoms with Crippen molar-refractivity contribution >= 4 is 5.78 Å². The first-order valence-electron chi connectivity index (χ1n) is 9.39. The zero-order valence-corrected chi connectivity index (χ0v) is 17.4. The highest BCUT2D eigenvalue weighted by atomic mass is 16.5. The van der Waals surface area contributed by atoms with Crippen LogP contribution in [0.4, 0.5) is 0 Å². The maximum absolute atomic E-state index is 13.0. The number of hydrogen-bond donors (Lipinski definition) is 1. The first-order chi connectivity index (χ1) is 13.7. The van der Waals surface area contributed by atoms with Crippen molar-refractivity contribution in [3.63, 3.8) is 0 Å². The fourth-order valence-electron chi connectivity index (χ4n) is 3.03. The predicted octanol–water partition coefficient (Wildman–Crippen LogP) is 3.15. The van der Waals surface area contributed by atoms with Crippen LogP contribution < -0.4 is 10.3 Å². The van der Waals surface area contributed by atoms with Crippen molar-refractivity contribution in [3.05, 3.63) is 56.9 Å². The molecule has 2 rings (SSSR count). The second-order valence-corrected chi connectivity index (χ2v) is 7.11. The van der Waals surface area contributed by atoms with Crippen molar-refractivity contribution in [2.45, 2.75) is 46.3 Å². The fourth-order valence-corrected chi connectivity index (χ4v) is 3.03. The van der Waals surface area contributed by atoms with E-state index in [-0.39, 0.29) is 29.8 Å². The molecule has 0 bridgehead atoms. The lowest BCUT2D eigenvalue weighted by atomic mass is 9.99. The molecule has 0 radical (unpaired) electrons. The Labute approximate surface area is 170 Å². The number of pyridine rings is 1. The molecule has 0 aliphatic rings. The van der Waals surface area contributed by atoms with Crippen LogP contribution in [0.3, 0.4) is 0 Å². The molecule has 1 unspecified atom stereocenters. The van der Waals surface area contributed by atoms with Crippen LogP contribution in [0.5, 0.6) is 11.6 Å². The van der Waals surface area contributed by atoms with Gasteiger partial charge in [0.1, 0.15) is 17.4 Å². The Morgan fingerprint density at radius 2 is 1.86 bits per heavy atom. The van der Waals surface area contributed by atoms with E-state index in [2.05, 4.69) is 13.8 Å². The molecule has 0 saturated carbocycles. The Hall–Kier alpha value is -3.11. The summed E-state index contributed by atoms with van der Waals surface area (Å²) in [6, 6.07) is 9.26. The van der Waals surface area contributed by atoms with E-state index in [1.807, 2.05) is 18.2 Å². The standard InChI is InChI=1S/C22H26N2O5/c1-13(2)16-6-8-17(9-7-16)29-15(4)20(25)19-14(3)18(12-23)21(26)24(22(19)27)10-11-28-5/h6-9,13,15,27H,10-11H2,1-5H3. The molecule has 0 spiro atoms. The maximum Gasteiger partial charge on any atom is 0.271 e. The monoisotopic (exact) mass is 398 g/mol. The van der Waals surface area contributed by atoms with Crippen molar-refractivity contribution < 1.29 is 19.4 Å². The highest BCUT2D eigenvalue weighted by Gasteiger charge is 2.28. The minimum absolute atomic E-state index is 0.0162. The SMILES string of the molecule is COCCn1c(O)c(C(=O)C(C)Oc2ccc(C(C)C)cc2)c(C)c(C#N)c1=O. The molecule has 154 valence electrons. The maximum atomic E-state index is 13.0. The van der Waals surface area contributed by atoms with Crippen LogP contribution >= 0.6 is 0 Å². The third-order valence-electron chi connectivity index (χ3n) is 4.79. The van der Waals surface area contributed by atoms with E-state index >= 15 is 0 Å². The normalized spacial score (nSPS) is 11.9. The van der Waals surface area contributed by atoms with E-state index in [0.717, 1.165) is 10.1 Å².